The lowest BCUT2D eigenvalue weighted by Gasteiger charge is -2.19. The predicted octanol–water partition coefficient (Wildman–Crippen LogP) is 2.99. The van der Waals surface area contributed by atoms with Crippen molar-refractivity contribution in [1.82, 2.24) is 14.9 Å². The lowest BCUT2D eigenvalue weighted by atomic mass is 10.1. The highest BCUT2D eigenvalue weighted by Crippen LogP contribution is 2.28. The topological polar surface area (TPSA) is 66.4 Å². The van der Waals surface area contributed by atoms with Crippen molar-refractivity contribution in [3.8, 4) is 0 Å². The van der Waals surface area contributed by atoms with Crippen LogP contribution < -0.4 is 4.90 Å². The van der Waals surface area contributed by atoms with Gasteiger partial charge in [0, 0.05) is 50.0 Å². The van der Waals surface area contributed by atoms with Gasteiger partial charge in [-0.3, -0.25) is 19.6 Å². The molecule has 3 heterocycles. The molecule has 0 saturated heterocycles. The van der Waals surface area contributed by atoms with Gasteiger partial charge >= 0.3 is 0 Å². The summed E-state index contributed by atoms with van der Waals surface area (Å²) in [7, 11) is 1.75. The Labute approximate surface area is 169 Å². The number of para-hydroxylation sites is 1. The SMILES string of the molecule is CN(CCc1ccncc1)C(=O)c1cc(C(=O)N2CCc3ccccc32)ccn1. The number of likely N-dealkylation sites (N-methyl/N-ethyl adjacent to an activating group) is 1. The van der Waals surface area contributed by atoms with E-state index in [0.29, 0.717) is 18.7 Å². The number of hydrogen-bond acceptors (Lipinski definition) is 4. The minimum atomic E-state index is -0.199. The summed E-state index contributed by atoms with van der Waals surface area (Å²) in [5.74, 6) is -0.304. The minimum Gasteiger partial charge on any atom is -0.340 e. The van der Waals surface area contributed by atoms with E-state index in [2.05, 4.69) is 9.97 Å². The van der Waals surface area contributed by atoms with Crippen molar-refractivity contribution in [3.63, 3.8) is 0 Å². The van der Waals surface area contributed by atoms with Crippen molar-refractivity contribution in [2.45, 2.75) is 12.8 Å². The number of aromatic nitrogens is 2. The summed E-state index contributed by atoms with van der Waals surface area (Å²) < 4.78 is 0. The Morgan fingerprint density at radius 1 is 1.07 bits per heavy atom. The van der Waals surface area contributed by atoms with Crippen molar-refractivity contribution >= 4 is 17.5 Å². The number of nitrogens with zero attached hydrogens (tertiary/aromatic N) is 4. The zero-order valence-electron chi connectivity index (χ0n) is 16.3. The van der Waals surface area contributed by atoms with Crippen LogP contribution >= 0.6 is 0 Å². The van der Waals surface area contributed by atoms with Gasteiger partial charge < -0.3 is 9.80 Å². The summed E-state index contributed by atoms with van der Waals surface area (Å²) in [6.07, 6.45) is 6.58. The molecule has 3 aromatic rings. The van der Waals surface area contributed by atoms with E-state index in [4.69, 9.17) is 0 Å². The van der Waals surface area contributed by atoms with Gasteiger partial charge in [-0.05, 0) is 54.3 Å². The van der Waals surface area contributed by atoms with Gasteiger partial charge in [-0.2, -0.15) is 0 Å². The van der Waals surface area contributed by atoms with Gasteiger partial charge in [-0.1, -0.05) is 18.2 Å². The van der Waals surface area contributed by atoms with Crippen molar-refractivity contribution in [2.75, 3.05) is 25.0 Å². The normalized spacial score (nSPS) is 12.5. The number of pyridine rings is 2. The molecule has 6 heteroatoms. The third kappa shape index (κ3) is 4.01. The van der Waals surface area contributed by atoms with Gasteiger partial charge in [0.1, 0.15) is 5.69 Å². The van der Waals surface area contributed by atoms with Crippen molar-refractivity contribution < 1.29 is 9.59 Å². The molecular weight excluding hydrogens is 364 g/mol. The Morgan fingerprint density at radius 3 is 2.69 bits per heavy atom. The molecule has 4 rings (SSSR count). The molecule has 0 N–H and O–H groups in total. The van der Waals surface area contributed by atoms with Crippen molar-refractivity contribution in [2.24, 2.45) is 0 Å². The van der Waals surface area contributed by atoms with Crippen LogP contribution in [-0.4, -0.2) is 46.8 Å². The monoisotopic (exact) mass is 386 g/mol. The molecule has 1 aliphatic heterocycles. The first kappa shape index (κ1) is 18.8. The average Bonchev–Trinajstić information content (AvgIpc) is 3.21. The molecule has 0 atom stereocenters. The van der Waals surface area contributed by atoms with Crippen LogP contribution in [0, 0.1) is 0 Å². The minimum absolute atomic E-state index is 0.106. The Kier molecular flexibility index (Phi) is 5.33. The second-order valence-corrected chi connectivity index (χ2v) is 7.10. The molecule has 0 unspecified atom stereocenters. The number of carbonyl (C=O) groups is 2. The Hall–Kier alpha value is -3.54. The van der Waals surface area contributed by atoms with Crippen LogP contribution in [0.5, 0.6) is 0 Å². The van der Waals surface area contributed by atoms with Crippen LogP contribution in [0.25, 0.3) is 0 Å². The molecule has 0 fully saturated rings. The summed E-state index contributed by atoms with van der Waals surface area (Å²) >= 11 is 0. The zero-order chi connectivity index (χ0) is 20.2. The van der Waals surface area contributed by atoms with Crippen LogP contribution in [0.15, 0.2) is 67.1 Å². The lowest BCUT2D eigenvalue weighted by molar-refractivity contribution is 0.0791. The van der Waals surface area contributed by atoms with Gasteiger partial charge in [0.2, 0.25) is 0 Å². The highest BCUT2D eigenvalue weighted by molar-refractivity contribution is 6.08. The third-order valence-electron chi connectivity index (χ3n) is 5.19. The van der Waals surface area contributed by atoms with E-state index < -0.39 is 0 Å². The number of rotatable bonds is 5. The van der Waals surface area contributed by atoms with E-state index in [1.807, 2.05) is 36.4 Å². The number of hydrogen-bond donors (Lipinski definition) is 0. The quantitative estimate of drug-likeness (QED) is 0.676. The summed E-state index contributed by atoms with van der Waals surface area (Å²) in [4.78, 5) is 37.4. The smallest absolute Gasteiger partial charge is 0.272 e. The molecule has 0 saturated carbocycles. The summed E-state index contributed by atoms with van der Waals surface area (Å²) in [6.45, 7) is 1.21. The number of amides is 2. The fourth-order valence-corrected chi connectivity index (χ4v) is 3.53. The average molecular weight is 386 g/mol. The van der Waals surface area contributed by atoms with E-state index in [-0.39, 0.29) is 17.5 Å². The molecule has 2 amide bonds. The van der Waals surface area contributed by atoms with Gasteiger partial charge in [0.15, 0.2) is 0 Å². The molecule has 146 valence electrons. The molecule has 0 spiro atoms. The van der Waals surface area contributed by atoms with Gasteiger partial charge in [-0.25, -0.2) is 0 Å². The summed E-state index contributed by atoms with van der Waals surface area (Å²) in [6, 6.07) is 15.0. The highest BCUT2D eigenvalue weighted by Gasteiger charge is 2.26. The molecule has 6 nitrogen and oxygen atoms in total. The maximum atomic E-state index is 13.0. The Bertz CT molecular complexity index is 1040. The molecule has 29 heavy (non-hydrogen) atoms. The predicted molar refractivity (Wildman–Crippen MR) is 111 cm³/mol. The van der Waals surface area contributed by atoms with E-state index in [9.17, 15) is 9.59 Å². The molecule has 0 aliphatic carbocycles. The summed E-state index contributed by atoms with van der Waals surface area (Å²) in [5, 5.41) is 0. The zero-order valence-corrected chi connectivity index (χ0v) is 16.3. The largest absolute Gasteiger partial charge is 0.340 e. The van der Waals surface area contributed by atoms with E-state index in [1.165, 1.54) is 11.8 Å². The van der Waals surface area contributed by atoms with E-state index in [0.717, 1.165) is 24.1 Å². The lowest BCUT2D eigenvalue weighted by Crippen LogP contribution is -2.31. The third-order valence-corrected chi connectivity index (χ3v) is 5.19. The fraction of sp³-hybridized carbons (Fsp3) is 0.217. The Balaban J connectivity index is 1.47. The van der Waals surface area contributed by atoms with Gasteiger partial charge in [0.05, 0.1) is 0 Å². The van der Waals surface area contributed by atoms with Crippen LogP contribution in [0.1, 0.15) is 32.0 Å². The number of carbonyl (C=O) groups excluding carboxylic acids is 2. The van der Waals surface area contributed by atoms with Crippen LogP contribution in [0.4, 0.5) is 5.69 Å². The number of anilines is 1. The highest BCUT2D eigenvalue weighted by atomic mass is 16.2. The molecule has 2 aromatic heterocycles. The first-order valence-corrected chi connectivity index (χ1v) is 9.63. The van der Waals surface area contributed by atoms with Gasteiger partial charge in [0.25, 0.3) is 11.8 Å². The maximum absolute atomic E-state index is 13.0. The maximum Gasteiger partial charge on any atom is 0.272 e. The fourth-order valence-electron chi connectivity index (χ4n) is 3.53. The summed E-state index contributed by atoms with van der Waals surface area (Å²) in [5.41, 5.74) is 3.98. The van der Waals surface area contributed by atoms with E-state index >= 15 is 0 Å². The van der Waals surface area contributed by atoms with Crippen LogP contribution in [0.3, 0.4) is 0 Å². The number of fused-ring (bicyclic) bond motifs is 1. The number of benzene rings is 1. The molecule has 1 aromatic carbocycles. The standard InChI is InChI=1S/C23H22N4O2/c1-26(14-9-17-6-11-24-12-7-17)23(29)20-16-19(8-13-25-20)22(28)27-15-10-18-4-2-3-5-21(18)27/h2-8,11-13,16H,9-10,14-15H2,1H3. The van der Waals surface area contributed by atoms with Crippen LogP contribution in [-0.2, 0) is 12.8 Å². The van der Waals surface area contributed by atoms with Crippen LogP contribution in [0.2, 0.25) is 0 Å². The van der Waals surface area contributed by atoms with Crippen molar-refractivity contribution in [1.29, 1.82) is 0 Å². The first-order valence-electron chi connectivity index (χ1n) is 9.63. The second kappa shape index (κ2) is 8.22. The Morgan fingerprint density at radius 2 is 1.86 bits per heavy atom. The van der Waals surface area contributed by atoms with Gasteiger partial charge in [-0.15, -0.1) is 0 Å². The second-order valence-electron chi connectivity index (χ2n) is 7.10. The molecule has 0 radical (unpaired) electrons. The molecular formula is C23H22N4O2. The molecule has 0 bridgehead atoms. The molecule has 1 aliphatic rings. The first-order chi connectivity index (χ1) is 14.1. The van der Waals surface area contributed by atoms with E-state index in [1.54, 1.807) is 41.4 Å². The van der Waals surface area contributed by atoms with Crippen molar-refractivity contribution in [3.05, 3.63) is 89.5 Å².